The van der Waals surface area contributed by atoms with E-state index in [9.17, 15) is 17.6 Å². The van der Waals surface area contributed by atoms with Crippen molar-refractivity contribution in [2.75, 3.05) is 6.61 Å². The van der Waals surface area contributed by atoms with E-state index in [4.69, 9.17) is 5.11 Å². The summed E-state index contributed by atoms with van der Waals surface area (Å²) in [5, 5.41) is 8.20. The Labute approximate surface area is 90.7 Å². The molecular formula is C8H8FNO5S. The highest BCUT2D eigenvalue weighted by molar-refractivity contribution is 7.89. The molecule has 0 fully saturated rings. The third-order valence-electron chi connectivity index (χ3n) is 1.49. The van der Waals surface area contributed by atoms with Crippen LogP contribution in [-0.4, -0.2) is 26.1 Å². The lowest BCUT2D eigenvalue weighted by molar-refractivity contribution is -0.143. The fourth-order valence-electron chi connectivity index (χ4n) is 0.876. The molecule has 1 aromatic rings. The monoisotopic (exact) mass is 249 g/mol. The standard InChI is InChI=1S/C8H8FNO5S/c9-6-3-1-2-4-7(6)16(13,14)10-15-5-8(11)12/h1-4,10H,5H2,(H,11,12). The second-order valence-electron chi connectivity index (χ2n) is 2.70. The van der Waals surface area contributed by atoms with E-state index in [2.05, 4.69) is 4.84 Å². The van der Waals surface area contributed by atoms with Crippen molar-refractivity contribution in [3.05, 3.63) is 30.1 Å². The maximum Gasteiger partial charge on any atom is 0.331 e. The van der Waals surface area contributed by atoms with Crippen LogP contribution in [0, 0.1) is 5.82 Å². The van der Waals surface area contributed by atoms with Crippen LogP contribution in [0.15, 0.2) is 29.2 Å². The first-order chi connectivity index (χ1) is 7.43. The molecule has 0 spiro atoms. The predicted molar refractivity (Wildman–Crippen MR) is 50.3 cm³/mol. The van der Waals surface area contributed by atoms with E-state index in [1.165, 1.54) is 17.0 Å². The normalized spacial score (nSPS) is 11.3. The lowest BCUT2D eigenvalue weighted by Crippen LogP contribution is -2.27. The molecule has 0 aliphatic heterocycles. The number of carboxylic acid groups (broad SMARTS) is 1. The van der Waals surface area contributed by atoms with Crippen molar-refractivity contribution in [3.8, 4) is 0 Å². The number of nitrogens with one attached hydrogen (secondary N) is 1. The number of hydrogen-bond donors (Lipinski definition) is 2. The summed E-state index contributed by atoms with van der Waals surface area (Å²) in [7, 11) is -4.20. The van der Waals surface area contributed by atoms with Crippen LogP contribution >= 0.6 is 0 Å². The zero-order valence-electron chi connectivity index (χ0n) is 7.88. The van der Waals surface area contributed by atoms with E-state index in [0.717, 1.165) is 12.1 Å². The number of aliphatic carboxylic acids is 1. The molecule has 1 aromatic carbocycles. The van der Waals surface area contributed by atoms with Crippen LogP contribution < -0.4 is 4.89 Å². The molecule has 2 N–H and O–H groups in total. The highest BCUT2D eigenvalue weighted by Gasteiger charge is 2.18. The van der Waals surface area contributed by atoms with E-state index < -0.39 is 33.3 Å². The number of carboxylic acids is 1. The summed E-state index contributed by atoms with van der Waals surface area (Å²) in [4.78, 5) is 15.1. The second kappa shape index (κ2) is 5.01. The molecule has 0 saturated carbocycles. The first kappa shape index (κ1) is 12.6. The summed E-state index contributed by atoms with van der Waals surface area (Å²) in [6.07, 6.45) is 0. The number of carbonyl (C=O) groups is 1. The van der Waals surface area contributed by atoms with Gasteiger partial charge in [-0.3, -0.25) is 4.84 Å². The van der Waals surface area contributed by atoms with Gasteiger partial charge in [-0.15, -0.1) is 0 Å². The maximum absolute atomic E-state index is 13.1. The molecule has 6 nitrogen and oxygen atoms in total. The van der Waals surface area contributed by atoms with Crippen molar-refractivity contribution in [1.29, 1.82) is 0 Å². The molecule has 88 valence electrons. The maximum atomic E-state index is 13.1. The summed E-state index contributed by atoms with van der Waals surface area (Å²) in [5.74, 6) is -2.30. The fourth-order valence-corrected chi connectivity index (χ4v) is 1.76. The van der Waals surface area contributed by atoms with Gasteiger partial charge in [0.1, 0.15) is 10.7 Å². The fraction of sp³-hybridized carbons (Fsp3) is 0.125. The van der Waals surface area contributed by atoms with Gasteiger partial charge in [-0.05, 0) is 12.1 Å². The highest BCUT2D eigenvalue weighted by Crippen LogP contribution is 2.12. The average Bonchev–Trinajstić information content (AvgIpc) is 2.17. The Balaban J connectivity index is 2.79. The van der Waals surface area contributed by atoms with Gasteiger partial charge in [0, 0.05) is 0 Å². The second-order valence-corrected chi connectivity index (χ2v) is 4.31. The van der Waals surface area contributed by atoms with Crippen LogP contribution in [0.2, 0.25) is 0 Å². The van der Waals surface area contributed by atoms with Crippen molar-refractivity contribution in [2.45, 2.75) is 4.90 Å². The third-order valence-corrected chi connectivity index (χ3v) is 2.74. The Hall–Kier alpha value is -1.51. The van der Waals surface area contributed by atoms with Gasteiger partial charge in [-0.1, -0.05) is 17.0 Å². The number of rotatable bonds is 5. The number of hydrogen-bond acceptors (Lipinski definition) is 4. The van der Waals surface area contributed by atoms with Gasteiger partial charge in [-0.25, -0.2) is 17.6 Å². The van der Waals surface area contributed by atoms with Gasteiger partial charge in [0.2, 0.25) is 0 Å². The van der Waals surface area contributed by atoms with E-state index in [-0.39, 0.29) is 0 Å². The van der Waals surface area contributed by atoms with Crippen molar-refractivity contribution in [2.24, 2.45) is 0 Å². The van der Waals surface area contributed by atoms with E-state index >= 15 is 0 Å². The van der Waals surface area contributed by atoms with Gasteiger partial charge in [0.15, 0.2) is 6.61 Å². The van der Waals surface area contributed by atoms with Gasteiger partial charge in [0.05, 0.1) is 0 Å². The Morgan fingerprint density at radius 1 is 1.44 bits per heavy atom. The molecule has 0 aliphatic rings. The zero-order valence-corrected chi connectivity index (χ0v) is 8.70. The predicted octanol–water partition coefficient (Wildman–Crippen LogP) is 0.120. The minimum Gasteiger partial charge on any atom is -0.479 e. The molecule has 8 heteroatoms. The number of sulfonamides is 1. The highest BCUT2D eigenvalue weighted by atomic mass is 32.2. The Kier molecular flexibility index (Phi) is 3.93. The lowest BCUT2D eigenvalue weighted by Gasteiger charge is -2.05. The quantitative estimate of drug-likeness (QED) is 0.723. The molecule has 0 aromatic heterocycles. The molecule has 0 heterocycles. The largest absolute Gasteiger partial charge is 0.479 e. The third kappa shape index (κ3) is 3.26. The minimum atomic E-state index is -4.20. The first-order valence-electron chi connectivity index (χ1n) is 4.03. The van der Waals surface area contributed by atoms with Crippen LogP contribution in [0.25, 0.3) is 0 Å². The molecule has 0 amide bonds. The molecular weight excluding hydrogens is 241 g/mol. The van der Waals surface area contributed by atoms with Crippen LogP contribution in [-0.2, 0) is 19.7 Å². The molecule has 0 unspecified atom stereocenters. The summed E-state index contributed by atoms with van der Waals surface area (Å²) in [5.41, 5.74) is 0. The molecule has 0 atom stereocenters. The van der Waals surface area contributed by atoms with E-state index in [1.54, 1.807) is 0 Å². The number of halogens is 1. The van der Waals surface area contributed by atoms with Crippen LogP contribution in [0.4, 0.5) is 4.39 Å². The average molecular weight is 249 g/mol. The van der Waals surface area contributed by atoms with Crippen LogP contribution in [0.3, 0.4) is 0 Å². The smallest absolute Gasteiger partial charge is 0.331 e. The summed E-state index contributed by atoms with van der Waals surface area (Å²) >= 11 is 0. The van der Waals surface area contributed by atoms with Crippen molar-refractivity contribution < 1.29 is 27.5 Å². The Morgan fingerprint density at radius 3 is 2.62 bits per heavy atom. The summed E-state index contributed by atoms with van der Waals surface area (Å²) < 4.78 is 35.8. The lowest BCUT2D eigenvalue weighted by atomic mass is 10.4. The number of benzene rings is 1. The van der Waals surface area contributed by atoms with Gasteiger partial charge < -0.3 is 5.11 Å². The molecule has 0 bridgehead atoms. The van der Waals surface area contributed by atoms with Crippen LogP contribution in [0.5, 0.6) is 0 Å². The SMILES string of the molecule is O=C(O)CONS(=O)(=O)c1ccccc1F. The van der Waals surface area contributed by atoms with Crippen LogP contribution in [0.1, 0.15) is 0 Å². The van der Waals surface area contributed by atoms with E-state index in [0.29, 0.717) is 0 Å². The Bertz CT molecular complexity index is 487. The first-order valence-corrected chi connectivity index (χ1v) is 5.52. The topological polar surface area (TPSA) is 92.7 Å². The molecule has 0 aliphatic carbocycles. The molecule has 16 heavy (non-hydrogen) atoms. The Morgan fingerprint density at radius 2 is 2.06 bits per heavy atom. The minimum absolute atomic E-state index is 0.611. The molecule has 1 rings (SSSR count). The van der Waals surface area contributed by atoms with Gasteiger partial charge >= 0.3 is 5.97 Å². The van der Waals surface area contributed by atoms with E-state index in [1.807, 2.05) is 0 Å². The molecule has 0 radical (unpaired) electrons. The van der Waals surface area contributed by atoms with Gasteiger partial charge in [-0.2, -0.15) is 0 Å². The van der Waals surface area contributed by atoms with Gasteiger partial charge in [0.25, 0.3) is 10.0 Å². The zero-order chi connectivity index (χ0) is 12.2. The molecule has 0 saturated heterocycles. The summed E-state index contributed by atoms with van der Waals surface area (Å²) in [6.45, 7) is -0.853. The van der Waals surface area contributed by atoms with Crippen molar-refractivity contribution in [1.82, 2.24) is 4.89 Å². The summed E-state index contributed by atoms with van der Waals surface area (Å²) in [6, 6.07) is 4.65. The van der Waals surface area contributed by atoms with Crippen molar-refractivity contribution in [3.63, 3.8) is 0 Å². The van der Waals surface area contributed by atoms with Crippen molar-refractivity contribution >= 4 is 16.0 Å².